The van der Waals surface area contributed by atoms with Crippen LogP contribution in [0.5, 0.6) is 0 Å². The molecule has 5 nitrogen and oxygen atoms in total. The third-order valence-electron chi connectivity index (χ3n) is 4.76. The molecule has 2 rings (SSSR count). The quantitative estimate of drug-likeness (QED) is 0.822. The molecule has 0 aromatic rings. The van der Waals surface area contributed by atoms with Gasteiger partial charge in [0.2, 0.25) is 5.91 Å². The predicted molar refractivity (Wildman–Crippen MR) is 76.1 cm³/mol. The number of rotatable bonds is 4. The zero-order chi connectivity index (χ0) is 14.7. The first-order valence-corrected chi connectivity index (χ1v) is 7.80. The summed E-state index contributed by atoms with van der Waals surface area (Å²) in [5, 5.41) is 9.41. The van der Waals surface area contributed by atoms with E-state index in [-0.39, 0.29) is 18.0 Å². The molecule has 1 aliphatic carbocycles. The van der Waals surface area contributed by atoms with E-state index >= 15 is 0 Å². The Balaban J connectivity index is 2.12. The van der Waals surface area contributed by atoms with Gasteiger partial charge in [0.25, 0.3) is 0 Å². The molecule has 0 spiro atoms. The Bertz CT molecular complexity index is 370. The number of aliphatic carboxylic acids is 1. The van der Waals surface area contributed by atoms with Gasteiger partial charge in [0.1, 0.15) is 6.04 Å². The van der Waals surface area contributed by atoms with Crippen LogP contribution in [-0.4, -0.2) is 40.0 Å². The molecule has 4 atom stereocenters. The third-order valence-corrected chi connectivity index (χ3v) is 4.76. The second-order valence-corrected chi connectivity index (χ2v) is 6.36. The van der Waals surface area contributed by atoms with Gasteiger partial charge >= 0.3 is 5.97 Å². The summed E-state index contributed by atoms with van der Waals surface area (Å²) in [7, 11) is 0. The van der Waals surface area contributed by atoms with Crippen LogP contribution in [0.4, 0.5) is 0 Å². The molecular weight excluding hydrogens is 256 g/mol. The van der Waals surface area contributed by atoms with Gasteiger partial charge < -0.3 is 15.7 Å². The second kappa shape index (κ2) is 6.57. The molecule has 0 bridgehead atoms. The standard InChI is InChI=1S/C15H26N2O3/c1-10(16)6-9-14(18)17-12-5-3-2-4-11(12)7-8-13(17)15(19)20/h10-13H,2-9,16H2,1H3,(H,19,20). The molecule has 4 unspecified atom stereocenters. The number of hydrogen-bond acceptors (Lipinski definition) is 3. The summed E-state index contributed by atoms with van der Waals surface area (Å²) >= 11 is 0. The number of amides is 1. The first kappa shape index (κ1) is 15.3. The summed E-state index contributed by atoms with van der Waals surface area (Å²) in [6.45, 7) is 1.88. The van der Waals surface area contributed by atoms with E-state index < -0.39 is 12.0 Å². The smallest absolute Gasteiger partial charge is 0.326 e. The Labute approximate surface area is 120 Å². The number of nitrogens with two attached hydrogens (primary N) is 1. The summed E-state index contributed by atoms with van der Waals surface area (Å²) in [4.78, 5) is 25.6. The van der Waals surface area contributed by atoms with Crippen molar-refractivity contribution in [2.24, 2.45) is 11.7 Å². The van der Waals surface area contributed by atoms with Crippen LogP contribution in [0, 0.1) is 5.92 Å². The zero-order valence-corrected chi connectivity index (χ0v) is 12.3. The summed E-state index contributed by atoms with van der Waals surface area (Å²) in [5.41, 5.74) is 5.71. The number of nitrogens with zero attached hydrogens (tertiary/aromatic N) is 1. The van der Waals surface area contributed by atoms with Crippen LogP contribution in [0.25, 0.3) is 0 Å². The van der Waals surface area contributed by atoms with E-state index in [4.69, 9.17) is 5.73 Å². The van der Waals surface area contributed by atoms with Gasteiger partial charge in [0.15, 0.2) is 0 Å². The Kier molecular flexibility index (Phi) is 5.02. The summed E-state index contributed by atoms with van der Waals surface area (Å²) < 4.78 is 0. The van der Waals surface area contributed by atoms with E-state index in [0.29, 0.717) is 25.2 Å². The first-order valence-electron chi connectivity index (χ1n) is 7.80. The van der Waals surface area contributed by atoms with Gasteiger partial charge in [-0.3, -0.25) is 4.79 Å². The minimum absolute atomic E-state index is 0.0193. The van der Waals surface area contributed by atoms with Crippen LogP contribution in [0.1, 0.15) is 58.3 Å². The van der Waals surface area contributed by atoms with E-state index in [9.17, 15) is 14.7 Å². The molecular formula is C15H26N2O3. The normalized spacial score (nSPS) is 31.5. The minimum Gasteiger partial charge on any atom is -0.480 e. The maximum absolute atomic E-state index is 12.5. The lowest BCUT2D eigenvalue weighted by atomic mass is 9.76. The molecule has 114 valence electrons. The molecule has 1 saturated carbocycles. The molecule has 5 heteroatoms. The van der Waals surface area contributed by atoms with Crippen molar-refractivity contribution in [3.63, 3.8) is 0 Å². The summed E-state index contributed by atoms with van der Waals surface area (Å²) in [5.74, 6) is -0.381. The molecule has 20 heavy (non-hydrogen) atoms. The maximum Gasteiger partial charge on any atom is 0.326 e. The van der Waals surface area contributed by atoms with E-state index in [1.807, 2.05) is 6.92 Å². The highest BCUT2D eigenvalue weighted by Gasteiger charge is 2.43. The van der Waals surface area contributed by atoms with Crippen LogP contribution in [-0.2, 0) is 9.59 Å². The number of hydrogen-bond donors (Lipinski definition) is 2. The Hall–Kier alpha value is -1.10. The number of carboxylic acids is 1. The number of piperidine rings is 1. The molecule has 1 saturated heterocycles. The first-order chi connectivity index (χ1) is 9.50. The van der Waals surface area contributed by atoms with Crippen molar-refractivity contribution in [3.05, 3.63) is 0 Å². The van der Waals surface area contributed by atoms with Gasteiger partial charge in [-0.15, -0.1) is 0 Å². The van der Waals surface area contributed by atoms with Crippen LogP contribution >= 0.6 is 0 Å². The molecule has 3 N–H and O–H groups in total. The lowest BCUT2D eigenvalue weighted by Gasteiger charge is -2.47. The molecule has 0 aromatic heterocycles. The van der Waals surface area contributed by atoms with Crippen molar-refractivity contribution >= 4 is 11.9 Å². The molecule has 2 fully saturated rings. The van der Waals surface area contributed by atoms with Crippen molar-refractivity contribution in [1.82, 2.24) is 4.90 Å². The zero-order valence-electron chi connectivity index (χ0n) is 12.3. The molecule has 1 amide bonds. The van der Waals surface area contributed by atoms with E-state index in [0.717, 1.165) is 25.7 Å². The highest BCUT2D eigenvalue weighted by molar-refractivity contribution is 5.84. The number of likely N-dealkylation sites (tertiary alicyclic amines) is 1. The van der Waals surface area contributed by atoms with Crippen LogP contribution in [0.15, 0.2) is 0 Å². The summed E-state index contributed by atoms with van der Waals surface area (Å²) in [6, 6.07) is -0.511. The van der Waals surface area contributed by atoms with Gasteiger partial charge in [-0.2, -0.15) is 0 Å². The number of fused-ring (bicyclic) bond motifs is 1. The lowest BCUT2D eigenvalue weighted by Crippen LogP contribution is -2.57. The average Bonchev–Trinajstić information content (AvgIpc) is 2.43. The fourth-order valence-electron chi connectivity index (χ4n) is 3.71. The van der Waals surface area contributed by atoms with Gasteiger partial charge in [0.05, 0.1) is 0 Å². The van der Waals surface area contributed by atoms with Crippen molar-refractivity contribution in [3.8, 4) is 0 Å². The Morgan fingerprint density at radius 3 is 2.60 bits per heavy atom. The molecule has 0 aromatic carbocycles. The van der Waals surface area contributed by atoms with E-state index in [2.05, 4.69) is 0 Å². The van der Waals surface area contributed by atoms with Gasteiger partial charge in [0, 0.05) is 18.5 Å². The lowest BCUT2D eigenvalue weighted by molar-refractivity contribution is -0.158. The average molecular weight is 282 g/mol. The van der Waals surface area contributed by atoms with E-state index in [1.54, 1.807) is 4.90 Å². The molecule has 2 aliphatic rings. The number of carboxylic acid groups (broad SMARTS) is 1. The number of carbonyl (C=O) groups excluding carboxylic acids is 1. The van der Waals surface area contributed by atoms with Gasteiger partial charge in [-0.25, -0.2) is 4.79 Å². The number of carbonyl (C=O) groups is 2. The topological polar surface area (TPSA) is 83.6 Å². The summed E-state index contributed by atoms with van der Waals surface area (Å²) in [6.07, 6.45) is 6.93. The van der Waals surface area contributed by atoms with E-state index in [1.165, 1.54) is 6.42 Å². The SMILES string of the molecule is CC(N)CCC(=O)N1C(C(=O)O)CCC2CCCCC21. The van der Waals surface area contributed by atoms with Crippen molar-refractivity contribution < 1.29 is 14.7 Å². The van der Waals surface area contributed by atoms with Crippen LogP contribution < -0.4 is 5.73 Å². The van der Waals surface area contributed by atoms with Gasteiger partial charge in [-0.05, 0) is 44.9 Å². The van der Waals surface area contributed by atoms with Crippen molar-refractivity contribution in [1.29, 1.82) is 0 Å². The molecule has 0 radical (unpaired) electrons. The van der Waals surface area contributed by atoms with Crippen LogP contribution in [0.3, 0.4) is 0 Å². The molecule has 1 aliphatic heterocycles. The Morgan fingerprint density at radius 1 is 1.25 bits per heavy atom. The predicted octanol–water partition coefficient (Wildman–Crippen LogP) is 1.75. The highest BCUT2D eigenvalue weighted by Crippen LogP contribution is 2.38. The fourth-order valence-corrected chi connectivity index (χ4v) is 3.71. The molecule has 1 heterocycles. The highest BCUT2D eigenvalue weighted by atomic mass is 16.4. The van der Waals surface area contributed by atoms with Crippen molar-refractivity contribution in [2.75, 3.05) is 0 Å². The second-order valence-electron chi connectivity index (χ2n) is 6.36. The fraction of sp³-hybridized carbons (Fsp3) is 0.867. The largest absolute Gasteiger partial charge is 0.480 e. The van der Waals surface area contributed by atoms with Gasteiger partial charge in [-0.1, -0.05) is 12.8 Å². The monoisotopic (exact) mass is 282 g/mol. The third kappa shape index (κ3) is 3.32. The van der Waals surface area contributed by atoms with Crippen molar-refractivity contribution in [2.45, 2.75) is 76.4 Å². The maximum atomic E-state index is 12.5. The Morgan fingerprint density at radius 2 is 1.95 bits per heavy atom. The minimum atomic E-state index is -0.858. The van der Waals surface area contributed by atoms with Crippen LogP contribution in [0.2, 0.25) is 0 Å².